The first-order valence-corrected chi connectivity index (χ1v) is 8.08. The summed E-state index contributed by atoms with van der Waals surface area (Å²) >= 11 is 0. The van der Waals surface area contributed by atoms with Gasteiger partial charge in [0.1, 0.15) is 0 Å². The van der Waals surface area contributed by atoms with Gasteiger partial charge >= 0.3 is 0 Å². The molecule has 0 spiro atoms. The fraction of sp³-hybridized carbons (Fsp3) is 0.316. The molecule has 24 heavy (non-hydrogen) atoms. The van der Waals surface area contributed by atoms with E-state index in [1.807, 2.05) is 12.1 Å². The smallest absolute Gasteiger partial charge is 0.251 e. The van der Waals surface area contributed by atoms with E-state index in [1.54, 1.807) is 18.2 Å². The first-order chi connectivity index (χ1) is 11.5. The van der Waals surface area contributed by atoms with E-state index in [1.165, 1.54) is 5.56 Å². The fourth-order valence-electron chi connectivity index (χ4n) is 2.59. The van der Waals surface area contributed by atoms with Crippen molar-refractivity contribution in [1.29, 1.82) is 0 Å². The molecular formula is C19H22N2O3. The monoisotopic (exact) mass is 326 g/mol. The van der Waals surface area contributed by atoms with E-state index in [-0.39, 0.29) is 18.7 Å². The zero-order valence-corrected chi connectivity index (χ0v) is 13.9. The number of carbonyl (C=O) groups excluding carboxylic acids is 1. The number of amides is 1. The number of ether oxygens (including phenoxy) is 2. The standard InChI is InChI=1S/C19H22N2O3/c1-12(2)13-3-5-14(6-4-13)16(20)10-21-19(22)15-7-8-17-18(9-15)24-11-23-17/h3-9,12,16H,10-11,20H2,1-2H3,(H,21,22). The van der Waals surface area contributed by atoms with Gasteiger partial charge in [-0.05, 0) is 35.2 Å². The molecule has 126 valence electrons. The van der Waals surface area contributed by atoms with Gasteiger partial charge in [0.2, 0.25) is 6.79 Å². The molecule has 3 N–H and O–H groups in total. The van der Waals surface area contributed by atoms with Crippen molar-refractivity contribution in [2.24, 2.45) is 5.73 Å². The lowest BCUT2D eigenvalue weighted by Crippen LogP contribution is -2.31. The quantitative estimate of drug-likeness (QED) is 0.886. The zero-order valence-electron chi connectivity index (χ0n) is 13.9. The molecule has 0 aromatic heterocycles. The molecule has 2 aromatic rings. The van der Waals surface area contributed by atoms with Crippen LogP contribution in [0.2, 0.25) is 0 Å². The number of fused-ring (bicyclic) bond motifs is 1. The third-order valence-electron chi connectivity index (χ3n) is 4.15. The molecule has 1 atom stereocenters. The second kappa shape index (κ2) is 6.93. The highest BCUT2D eigenvalue weighted by Crippen LogP contribution is 2.32. The third-order valence-corrected chi connectivity index (χ3v) is 4.15. The number of nitrogens with one attached hydrogen (secondary N) is 1. The van der Waals surface area contributed by atoms with Gasteiger partial charge in [0, 0.05) is 18.2 Å². The molecule has 5 nitrogen and oxygen atoms in total. The molecule has 1 aliphatic rings. The predicted octanol–water partition coefficient (Wildman–Crippen LogP) is 2.97. The number of hydrogen-bond acceptors (Lipinski definition) is 4. The maximum atomic E-state index is 12.3. The minimum absolute atomic E-state index is 0.178. The van der Waals surface area contributed by atoms with Crippen LogP contribution < -0.4 is 20.5 Å². The molecule has 0 aliphatic carbocycles. The van der Waals surface area contributed by atoms with E-state index in [4.69, 9.17) is 15.2 Å². The maximum absolute atomic E-state index is 12.3. The highest BCUT2D eigenvalue weighted by Gasteiger charge is 2.16. The van der Waals surface area contributed by atoms with Crippen molar-refractivity contribution in [3.05, 3.63) is 59.2 Å². The van der Waals surface area contributed by atoms with Crippen LogP contribution in [0.4, 0.5) is 0 Å². The summed E-state index contributed by atoms with van der Waals surface area (Å²) in [5.41, 5.74) is 8.99. The Balaban J connectivity index is 1.59. The summed E-state index contributed by atoms with van der Waals surface area (Å²) in [5, 5.41) is 2.87. The van der Waals surface area contributed by atoms with E-state index < -0.39 is 0 Å². The summed E-state index contributed by atoms with van der Waals surface area (Å²) in [6.45, 7) is 4.87. The Labute approximate surface area is 141 Å². The summed E-state index contributed by atoms with van der Waals surface area (Å²) in [7, 11) is 0. The van der Waals surface area contributed by atoms with Crippen LogP contribution in [0.5, 0.6) is 11.5 Å². The van der Waals surface area contributed by atoms with Crippen LogP contribution in [0.15, 0.2) is 42.5 Å². The summed E-state index contributed by atoms with van der Waals surface area (Å²) in [6, 6.07) is 13.1. The third kappa shape index (κ3) is 3.51. The number of hydrogen-bond donors (Lipinski definition) is 2. The zero-order chi connectivity index (χ0) is 17.1. The number of nitrogens with two attached hydrogens (primary N) is 1. The minimum atomic E-state index is -0.246. The van der Waals surface area contributed by atoms with E-state index in [2.05, 4.69) is 31.3 Å². The molecule has 2 aromatic carbocycles. The van der Waals surface area contributed by atoms with Gasteiger partial charge in [0.15, 0.2) is 11.5 Å². The molecule has 1 heterocycles. The van der Waals surface area contributed by atoms with Crippen molar-refractivity contribution in [2.45, 2.75) is 25.8 Å². The summed E-state index contributed by atoms with van der Waals surface area (Å²) < 4.78 is 10.5. The van der Waals surface area contributed by atoms with Crippen LogP contribution in [0.3, 0.4) is 0 Å². The van der Waals surface area contributed by atoms with Gasteiger partial charge in [-0.15, -0.1) is 0 Å². The molecule has 5 heteroatoms. The molecule has 0 saturated carbocycles. The molecule has 0 fully saturated rings. The Morgan fingerprint density at radius 3 is 2.46 bits per heavy atom. The lowest BCUT2D eigenvalue weighted by atomic mass is 9.99. The first kappa shape index (κ1) is 16.3. The van der Waals surface area contributed by atoms with Gasteiger partial charge in [-0.1, -0.05) is 38.1 Å². The van der Waals surface area contributed by atoms with Crippen molar-refractivity contribution in [2.75, 3.05) is 13.3 Å². The SMILES string of the molecule is CC(C)c1ccc(C(N)CNC(=O)c2ccc3c(c2)OCO3)cc1. The summed E-state index contributed by atoms with van der Waals surface area (Å²) in [4.78, 5) is 12.3. The van der Waals surface area contributed by atoms with Gasteiger partial charge in [-0.2, -0.15) is 0 Å². The largest absolute Gasteiger partial charge is 0.454 e. The Kier molecular flexibility index (Phi) is 4.71. The Morgan fingerprint density at radius 1 is 1.08 bits per heavy atom. The normalized spacial score (nSPS) is 13.8. The van der Waals surface area contributed by atoms with E-state index >= 15 is 0 Å². The van der Waals surface area contributed by atoms with Gasteiger partial charge in [0.05, 0.1) is 0 Å². The van der Waals surface area contributed by atoms with Gasteiger partial charge in [-0.3, -0.25) is 4.79 Å². The number of benzene rings is 2. The van der Waals surface area contributed by atoms with Crippen LogP contribution in [-0.4, -0.2) is 19.2 Å². The van der Waals surface area contributed by atoms with Crippen LogP contribution in [0.25, 0.3) is 0 Å². The van der Waals surface area contributed by atoms with Crippen molar-refractivity contribution in [1.82, 2.24) is 5.32 Å². The van der Waals surface area contributed by atoms with E-state index in [0.29, 0.717) is 29.5 Å². The maximum Gasteiger partial charge on any atom is 0.251 e. The van der Waals surface area contributed by atoms with Gasteiger partial charge < -0.3 is 20.5 Å². The van der Waals surface area contributed by atoms with Crippen molar-refractivity contribution >= 4 is 5.91 Å². The van der Waals surface area contributed by atoms with E-state index in [9.17, 15) is 4.79 Å². The topological polar surface area (TPSA) is 73.6 Å². The summed E-state index contributed by atoms with van der Waals surface area (Å²) in [5.74, 6) is 1.56. The molecule has 1 aliphatic heterocycles. The van der Waals surface area contributed by atoms with Crippen LogP contribution >= 0.6 is 0 Å². The fourth-order valence-corrected chi connectivity index (χ4v) is 2.59. The highest BCUT2D eigenvalue weighted by molar-refractivity contribution is 5.94. The van der Waals surface area contributed by atoms with Crippen molar-refractivity contribution < 1.29 is 14.3 Å². The molecule has 0 bridgehead atoms. The minimum Gasteiger partial charge on any atom is -0.454 e. The second-order valence-electron chi connectivity index (χ2n) is 6.21. The van der Waals surface area contributed by atoms with Gasteiger partial charge in [-0.25, -0.2) is 0 Å². The highest BCUT2D eigenvalue weighted by atomic mass is 16.7. The molecule has 0 radical (unpaired) electrons. The van der Waals surface area contributed by atoms with Crippen LogP contribution in [-0.2, 0) is 0 Å². The Bertz CT molecular complexity index is 726. The number of rotatable bonds is 5. The molecule has 1 unspecified atom stereocenters. The molecular weight excluding hydrogens is 304 g/mol. The van der Waals surface area contributed by atoms with Crippen LogP contribution in [0.1, 0.15) is 47.3 Å². The number of carbonyl (C=O) groups is 1. The summed E-state index contributed by atoms with van der Waals surface area (Å²) in [6.07, 6.45) is 0. The lowest BCUT2D eigenvalue weighted by Gasteiger charge is -2.15. The van der Waals surface area contributed by atoms with E-state index in [0.717, 1.165) is 5.56 Å². The van der Waals surface area contributed by atoms with Crippen molar-refractivity contribution in [3.8, 4) is 11.5 Å². The second-order valence-corrected chi connectivity index (χ2v) is 6.21. The average molecular weight is 326 g/mol. The Morgan fingerprint density at radius 2 is 1.75 bits per heavy atom. The van der Waals surface area contributed by atoms with Crippen molar-refractivity contribution in [3.63, 3.8) is 0 Å². The molecule has 3 rings (SSSR count). The molecule has 1 amide bonds. The first-order valence-electron chi connectivity index (χ1n) is 8.08. The Hall–Kier alpha value is -2.53. The molecule has 0 saturated heterocycles. The van der Waals surface area contributed by atoms with Gasteiger partial charge in [0.25, 0.3) is 5.91 Å². The average Bonchev–Trinajstić information content (AvgIpc) is 3.07. The van der Waals surface area contributed by atoms with Crippen LogP contribution in [0, 0.1) is 0 Å². The predicted molar refractivity (Wildman–Crippen MR) is 92.4 cm³/mol. The lowest BCUT2D eigenvalue weighted by molar-refractivity contribution is 0.0950.